The summed E-state index contributed by atoms with van der Waals surface area (Å²) in [6.45, 7) is 6.87. The minimum atomic E-state index is -0.277. The quantitative estimate of drug-likeness (QED) is 0.341. The van der Waals surface area contributed by atoms with Crippen LogP contribution in [0.25, 0.3) is 0 Å². The molecule has 228 valence electrons. The van der Waals surface area contributed by atoms with Crippen molar-refractivity contribution in [3.8, 4) is 5.75 Å². The average Bonchev–Trinajstić information content (AvgIpc) is 3.94. The smallest absolute Gasteiger partial charge is 0.265 e. The van der Waals surface area contributed by atoms with Crippen molar-refractivity contribution in [2.45, 2.75) is 82.0 Å². The Hall–Kier alpha value is -3.02. The van der Waals surface area contributed by atoms with Gasteiger partial charge in [0.15, 0.2) is 5.03 Å². The van der Waals surface area contributed by atoms with E-state index in [-0.39, 0.29) is 23.4 Å². The van der Waals surface area contributed by atoms with Gasteiger partial charge in [0.25, 0.3) is 5.91 Å². The molecule has 0 radical (unpaired) electrons. The van der Waals surface area contributed by atoms with Gasteiger partial charge < -0.3 is 20.1 Å². The summed E-state index contributed by atoms with van der Waals surface area (Å²) < 4.78 is 9.13. The Morgan fingerprint density at radius 2 is 1.93 bits per heavy atom. The Balaban J connectivity index is 1.00. The van der Waals surface area contributed by atoms with Gasteiger partial charge in [-0.15, -0.1) is 0 Å². The third kappa shape index (κ3) is 4.75. The van der Waals surface area contributed by atoms with E-state index >= 15 is 0 Å². The van der Waals surface area contributed by atoms with Crippen molar-refractivity contribution in [3.05, 3.63) is 42.1 Å². The topological polar surface area (TPSA) is 115 Å². The maximum absolute atomic E-state index is 13.6. The van der Waals surface area contributed by atoms with Crippen LogP contribution in [0.15, 0.2) is 41.6 Å². The monoisotopic (exact) mass is 603 g/mol. The zero-order valence-electron chi connectivity index (χ0n) is 24.9. The van der Waals surface area contributed by atoms with Crippen LogP contribution in [0.4, 0.5) is 17.5 Å². The molecule has 3 saturated carbocycles. The molecule has 43 heavy (non-hydrogen) atoms. The first-order chi connectivity index (χ1) is 20.8. The number of pyridine rings is 2. The van der Waals surface area contributed by atoms with E-state index in [9.17, 15) is 9.90 Å². The summed E-state index contributed by atoms with van der Waals surface area (Å²) >= 11 is 1.01. The van der Waals surface area contributed by atoms with Gasteiger partial charge in [0.2, 0.25) is 0 Å². The molecular formula is C32H41N7O3S. The van der Waals surface area contributed by atoms with Crippen LogP contribution in [0.5, 0.6) is 5.75 Å². The maximum Gasteiger partial charge on any atom is 0.265 e. The number of fused-ring (bicyclic) bond motifs is 7. The first-order valence-corrected chi connectivity index (χ1v) is 16.6. The number of hydrazine groups is 1. The van der Waals surface area contributed by atoms with Crippen LogP contribution in [0, 0.1) is 22.7 Å². The molecular weight excluding hydrogens is 562 g/mol. The molecule has 6 aliphatic rings. The zero-order chi connectivity index (χ0) is 29.4. The number of carbonyl (C=O) groups is 1. The summed E-state index contributed by atoms with van der Waals surface area (Å²) in [4.78, 5) is 25.5. The number of hydrogen-bond acceptors (Lipinski definition) is 10. The molecule has 4 fully saturated rings. The van der Waals surface area contributed by atoms with Crippen LogP contribution < -0.4 is 25.4 Å². The highest BCUT2D eigenvalue weighted by atomic mass is 32.2. The molecule has 10 nitrogen and oxygen atoms in total. The number of ether oxygens (including phenoxy) is 1. The van der Waals surface area contributed by atoms with Gasteiger partial charge in [-0.3, -0.25) is 14.5 Å². The SMILES string of the molecule is CC1(C)CC2CCCNc3ccc(O)c(n3)SNC(=O)c3ccc(N4C=CC(OCCC5C6(CC6)C56CC6)N4)nc3N1C2. The van der Waals surface area contributed by atoms with Gasteiger partial charge in [-0.05, 0) is 118 Å². The summed E-state index contributed by atoms with van der Waals surface area (Å²) in [5, 5.41) is 16.0. The summed E-state index contributed by atoms with van der Waals surface area (Å²) in [7, 11) is 0. The van der Waals surface area contributed by atoms with Crippen LogP contribution in [0.2, 0.25) is 0 Å². The van der Waals surface area contributed by atoms with Crippen molar-refractivity contribution in [2.75, 3.05) is 34.9 Å². The minimum Gasteiger partial charge on any atom is -0.505 e. The second kappa shape index (κ2) is 10.0. The highest BCUT2D eigenvalue weighted by Crippen LogP contribution is 2.93. The zero-order valence-corrected chi connectivity index (χ0v) is 25.8. The summed E-state index contributed by atoms with van der Waals surface area (Å²) in [6, 6.07) is 7.08. The number of nitrogens with one attached hydrogen (secondary N) is 3. The second-order valence-corrected chi connectivity index (χ2v) is 14.7. The lowest BCUT2D eigenvalue weighted by Crippen LogP contribution is -2.41. The molecule has 4 bridgehead atoms. The largest absolute Gasteiger partial charge is 0.505 e. The molecule has 2 spiro atoms. The van der Waals surface area contributed by atoms with Crippen molar-refractivity contribution in [1.29, 1.82) is 0 Å². The highest BCUT2D eigenvalue weighted by Gasteiger charge is 2.85. The third-order valence-electron chi connectivity index (χ3n) is 10.9. The number of aromatic hydroxyl groups is 1. The molecule has 3 aliphatic heterocycles. The van der Waals surface area contributed by atoms with Gasteiger partial charge in [0, 0.05) is 43.4 Å². The van der Waals surface area contributed by atoms with Crippen LogP contribution in [0.3, 0.4) is 0 Å². The first-order valence-electron chi connectivity index (χ1n) is 15.8. The number of amides is 1. The standard InChI is InChI=1S/C32H41N7O3S/c1-30(2)18-20-4-3-15-33-24-7-6-22(40)29(34-24)43-37-28(41)21-5-8-25(35-27(21)38(30)19-20)39-16-9-26(36-39)42-17-10-23-31(11-12-31)32(23)13-14-32/h5-9,16,20,23,26,36,40H,3-4,10-15,17-19H2,1-2H3,(H,33,34)(H,37,41). The highest BCUT2D eigenvalue weighted by molar-refractivity contribution is 7.98. The van der Waals surface area contributed by atoms with Crippen LogP contribution in [-0.4, -0.2) is 52.4 Å². The fourth-order valence-electron chi connectivity index (χ4n) is 8.56. The molecule has 0 aromatic carbocycles. The summed E-state index contributed by atoms with van der Waals surface area (Å²) in [6.07, 6.45) is 13.8. The number of hydrogen-bond donors (Lipinski definition) is 4. The van der Waals surface area contributed by atoms with Crippen molar-refractivity contribution in [2.24, 2.45) is 22.7 Å². The van der Waals surface area contributed by atoms with Crippen molar-refractivity contribution >= 4 is 35.3 Å². The molecule has 2 aromatic rings. The van der Waals surface area contributed by atoms with Crippen LogP contribution in [-0.2, 0) is 4.74 Å². The lowest BCUT2D eigenvalue weighted by atomic mass is 9.93. The van der Waals surface area contributed by atoms with Gasteiger partial charge in [-0.1, -0.05) is 0 Å². The maximum atomic E-state index is 13.6. The van der Waals surface area contributed by atoms with E-state index in [4.69, 9.17) is 9.72 Å². The Labute approximate surface area is 257 Å². The van der Waals surface area contributed by atoms with Crippen LogP contribution >= 0.6 is 11.9 Å². The number of aromatic nitrogens is 2. The van der Waals surface area contributed by atoms with E-state index in [1.54, 1.807) is 12.1 Å². The lowest BCUT2D eigenvalue weighted by Gasteiger charge is -2.34. The molecule has 3 aliphatic carbocycles. The first kappa shape index (κ1) is 27.5. The second-order valence-electron chi connectivity index (χ2n) is 13.9. The van der Waals surface area contributed by atoms with Gasteiger partial charge in [-0.25, -0.2) is 9.97 Å². The van der Waals surface area contributed by atoms with Crippen molar-refractivity contribution in [3.63, 3.8) is 0 Å². The Bertz CT molecular complexity index is 1450. The van der Waals surface area contributed by atoms with Gasteiger partial charge in [0.1, 0.15) is 29.4 Å². The fourth-order valence-corrected chi connectivity index (χ4v) is 9.18. The van der Waals surface area contributed by atoms with Crippen molar-refractivity contribution < 1.29 is 14.6 Å². The molecule has 2 aromatic heterocycles. The Morgan fingerprint density at radius 3 is 2.72 bits per heavy atom. The number of rotatable bonds is 5. The molecule has 1 saturated heterocycles. The van der Waals surface area contributed by atoms with E-state index in [0.29, 0.717) is 44.8 Å². The normalized spacial score (nSPS) is 27.8. The van der Waals surface area contributed by atoms with E-state index < -0.39 is 0 Å². The third-order valence-corrected chi connectivity index (χ3v) is 11.7. The number of anilines is 3. The predicted octanol–water partition coefficient (Wildman–Crippen LogP) is 5.19. The summed E-state index contributed by atoms with van der Waals surface area (Å²) in [5.74, 6) is 3.18. The molecule has 1 amide bonds. The summed E-state index contributed by atoms with van der Waals surface area (Å²) in [5.41, 5.74) is 5.19. The van der Waals surface area contributed by atoms with E-state index in [2.05, 4.69) is 39.2 Å². The molecule has 2 unspecified atom stereocenters. The lowest BCUT2D eigenvalue weighted by molar-refractivity contribution is 0.0624. The Morgan fingerprint density at radius 1 is 1.12 bits per heavy atom. The molecule has 2 atom stereocenters. The Kier molecular flexibility index (Phi) is 6.40. The number of carbonyl (C=O) groups excluding carboxylic acids is 1. The molecule has 8 rings (SSSR count). The fraction of sp³-hybridized carbons (Fsp3) is 0.594. The van der Waals surface area contributed by atoms with Crippen LogP contribution in [0.1, 0.15) is 75.6 Å². The van der Waals surface area contributed by atoms with E-state index in [0.717, 1.165) is 63.2 Å². The average molecular weight is 604 g/mol. The minimum absolute atomic E-state index is 0.0256. The predicted molar refractivity (Wildman–Crippen MR) is 167 cm³/mol. The molecule has 5 heterocycles. The van der Waals surface area contributed by atoms with Crippen molar-refractivity contribution in [1.82, 2.24) is 20.1 Å². The van der Waals surface area contributed by atoms with E-state index in [1.165, 1.54) is 25.7 Å². The van der Waals surface area contributed by atoms with Gasteiger partial charge in [0.05, 0.1) is 5.56 Å². The molecule has 11 heteroatoms. The molecule has 4 N–H and O–H groups in total. The number of nitrogens with zero attached hydrogens (tertiary/aromatic N) is 4. The van der Waals surface area contributed by atoms with E-state index in [1.807, 2.05) is 29.4 Å². The van der Waals surface area contributed by atoms with Gasteiger partial charge >= 0.3 is 0 Å². The van der Waals surface area contributed by atoms with Gasteiger partial charge in [-0.2, -0.15) is 5.43 Å².